The summed E-state index contributed by atoms with van der Waals surface area (Å²) < 4.78 is 65.7. The molecule has 0 spiro atoms. The largest absolute Gasteiger partial charge is 0.416 e. The van der Waals surface area contributed by atoms with E-state index in [-0.39, 0.29) is 18.0 Å². The van der Waals surface area contributed by atoms with E-state index < -0.39 is 26.7 Å². The molecule has 2 N–H and O–H groups in total. The molecule has 1 amide bonds. The van der Waals surface area contributed by atoms with E-state index in [2.05, 4.69) is 10.0 Å². The highest BCUT2D eigenvalue weighted by molar-refractivity contribution is 7.92. The molecule has 5 nitrogen and oxygen atoms in total. The van der Waals surface area contributed by atoms with Crippen LogP contribution in [0.3, 0.4) is 0 Å². The third-order valence-electron chi connectivity index (χ3n) is 4.52. The fraction of sp³-hybridized carbons (Fsp3) is 0.136. The number of carbonyl (C=O) groups excluding carboxylic acids is 1. The maximum Gasteiger partial charge on any atom is 0.416 e. The molecule has 0 heterocycles. The van der Waals surface area contributed by atoms with E-state index in [4.69, 9.17) is 11.6 Å². The van der Waals surface area contributed by atoms with Gasteiger partial charge in [-0.15, -0.1) is 0 Å². The van der Waals surface area contributed by atoms with E-state index in [9.17, 15) is 26.4 Å². The SMILES string of the molecule is Cc1ccc(Cl)cc1NC(=O)Cc1ccc(NS(=O)(=O)c2cccc(C(F)(F)F)c2)cc1. The number of hydrogen-bond donors (Lipinski definition) is 2. The zero-order valence-corrected chi connectivity index (χ0v) is 18.3. The van der Waals surface area contributed by atoms with Crippen LogP contribution in [0.25, 0.3) is 0 Å². The van der Waals surface area contributed by atoms with Crippen molar-refractivity contribution in [3.63, 3.8) is 0 Å². The molecule has 0 saturated heterocycles. The number of anilines is 2. The number of alkyl halides is 3. The molecular formula is C22H18ClF3N2O3S. The van der Waals surface area contributed by atoms with Gasteiger partial charge in [-0.05, 0) is 60.5 Å². The normalized spacial score (nSPS) is 11.8. The van der Waals surface area contributed by atoms with E-state index in [1.807, 2.05) is 6.92 Å². The Morgan fingerprint density at radius 1 is 1.00 bits per heavy atom. The Balaban J connectivity index is 1.68. The van der Waals surface area contributed by atoms with Crippen LogP contribution in [0, 0.1) is 6.92 Å². The molecule has 0 saturated carbocycles. The third-order valence-corrected chi connectivity index (χ3v) is 6.13. The van der Waals surface area contributed by atoms with Crippen LogP contribution >= 0.6 is 11.6 Å². The van der Waals surface area contributed by atoms with Crippen LogP contribution in [0.15, 0.2) is 71.6 Å². The topological polar surface area (TPSA) is 75.3 Å². The van der Waals surface area contributed by atoms with Crippen molar-refractivity contribution >= 4 is 38.9 Å². The third kappa shape index (κ3) is 6.02. The molecule has 3 aromatic carbocycles. The summed E-state index contributed by atoms with van der Waals surface area (Å²) in [7, 11) is -4.22. The number of aryl methyl sites for hydroxylation is 1. The molecule has 32 heavy (non-hydrogen) atoms. The fourth-order valence-electron chi connectivity index (χ4n) is 2.85. The number of amides is 1. The van der Waals surface area contributed by atoms with Gasteiger partial charge in [0.05, 0.1) is 16.9 Å². The average molecular weight is 483 g/mol. The molecule has 0 radical (unpaired) electrons. The summed E-state index contributed by atoms with van der Waals surface area (Å²) in [5.74, 6) is -0.285. The van der Waals surface area contributed by atoms with Gasteiger partial charge in [0.25, 0.3) is 10.0 Å². The molecule has 0 aliphatic heterocycles. The van der Waals surface area contributed by atoms with Crippen molar-refractivity contribution in [3.8, 4) is 0 Å². The van der Waals surface area contributed by atoms with Gasteiger partial charge in [-0.3, -0.25) is 9.52 Å². The van der Waals surface area contributed by atoms with Crippen molar-refractivity contribution in [2.24, 2.45) is 0 Å². The van der Waals surface area contributed by atoms with Crippen LogP contribution in [-0.2, 0) is 27.4 Å². The van der Waals surface area contributed by atoms with E-state index in [1.54, 1.807) is 30.3 Å². The van der Waals surface area contributed by atoms with Crippen molar-refractivity contribution < 1.29 is 26.4 Å². The molecule has 3 rings (SSSR count). The summed E-state index contributed by atoms with van der Waals surface area (Å²) in [6.07, 6.45) is -4.62. The minimum atomic E-state index is -4.66. The molecule has 168 valence electrons. The molecule has 0 aliphatic rings. The number of rotatable bonds is 6. The van der Waals surface area contributed by atoms with Crippen LogP contribution < -0.4 is 10.0 Å². The van der Waals surface area contributed by atoms with Gasteiger partial charge in [0.2, 0.25) is 5.91 Å². The molecule has 0 bridgehead atoms. The molecule has 10 heteroatoms. The minimum absolute atomic E-state index is 0.0343. The number of carbonyl (C=O) groups is 1. The van der Waals surface area contributed by atoms with Gasteiger partial charge in [0, 0.05) is 16.4 Å². The van der Waals surface area contributed by atoms with Crippen LogP contribution in [0.5, 0.6) is 0 Å². The lowest BCUT2D eigenvalue weighted by Crippen LogP contribution is -2.16. The second kappa shape index (κ2) is 9.22. The van der Waals surface area contributed by atoms with Crippen molar-refractivity contribution in [3.05, 3.63) is 88.4 Å². The summed E-state index contributed by atoms with van der Waals surface area (Å²) in [6.45, 7) is 1.83. The first-order valence-electron chi connectivity index (χ1n) is 9.29. The summed E-state index contributed by atoms with van der Waals surface area (Å²) in [5, 5.41) is 3.25. The number of nitrogens with one attached hydrogen (secondary N) is 2. The maximum absolute atomic E-state index is 12.9. The zero-order valence-electron chi connectivity index (χ0n) is 16.7. The Bertz CT molecular complexity index is 1240. The van der Waals surface area contributed by atoms with Gasteiger partial charge in [0.1, 0.15) is 0 Å². The second-order valence-corrected chi connectivity index (χ2v) is 9.13. The first-order valence-corrected chi connectivity index (χ1v) is 11.2. The predicted molar refractivity (Wildman–Crippen MR) is 117 cm³/mol. The molecule has 0 unspecified atom stereocenters. The Morgan fingerprint density at radius 3 is 2.34 bits per heavy atom. The summed E-state index contributed by atoms with van der Waals surface area (Å²) in [6, 6.07) is 14.6. The monoisotopic (exact) mass is 482 g/mol. The summed E-state index contributed by atoms with van der Waals surface area (Å²) in [4.78, 5) is 11.8. The van der Waals surface area contributed by atoms with Gasteiger partial charge in [0.15, 0.2) is 0 Å². The average Bonchev–Trinajstić information content (AvgIpc) is 2.71. The first kappa shape index (κ1) is 23.6. The Labute approximate surface area is 188 Å². The van der Waals surface area contributed by atoms with Gasteiger partial charge < -0.3 is 5.32 Å². The van der Waals surface area contributed by atoms with E-state index in [0.29, 0.717) is 22.3 Å². The number of halogens is 4. The number of sulfonamides is 1. The number of benzene rings is 3. The van der Waals surface area contributed by atoms with Crippen LogP contribution in [0.4, 0.5) is 24.5 Å². The summed E-state index contributed by atoms with van der Waals surface area (Å²) in [5.41, 5.74) is 1.15. The highest BCUT2D eigenvalue weighted by Crippen LogP contribution is 2.31. The van der Waals surface area contributed by atoms with Crippen molar-refractivity contribution in [2.45, 2.75) is 24.4 Å². The maximum atomic E-state index is 12.9. The fourth-order valence-corrected chi connectivity index (χ4v) is 4.13. The van der Waals surface area contributed by atoms with Gasteiger partial charge >= 0.3 is 6.18 Å². The quantitative estimate of drug-likeness (QED) is 0.477. The second-order valence-electron chi connectivity index (χ2n) is 7.01. The lowest BCUT2D eigenvalue weighted by molar-refractivity contribution is -0.137. The van der Waals surface area contributed by atoms with Gasteiger partial charge in [-0.1, -0.05) is 35.9 Å². The predicted octanol–water partition coefficient (Wildman–Crippen LogP) is 5.65. The molecule has 0 aliphatic carbocycles. The molecule has 0 aromatic heterocycles. The Morgan fingerprint density at radius 2 is 1.69 bits per heavy atom. The van der Waals surface area contributed by atoms with E-state index in [0.717, 1.165) is 23.8 Å². The first-order chi connectivity index (χ1) is 14.9. The Kier molecular flexibility index (Phi) is 6.80. The molecule has 0 atom stereocenters. The van der Waals surface area contributed by atoms with Crippen molar-refractivity contribution in [1.29, 1.82) is 0 Å². The molecular weight excluding hydrogens is 465 g/mol. The van der Waals surface area contributed by atoms with Crippen LogP contribution in [0.1, 0.15) is 16.7 Å². The van der Waals surface area contributed by atoms with Crippen molar-refractivity contribution in [2.75, 3.05) is 10.0 Å². The highest BCUT2D eigenvalue weighted by Gasteiger charge is 2.31. The molecule has 0 fully saturated rings. The van der Waals surface area contributed by atoms with Crippen LogP contribution in [-0.4, -0.2) is 14.3 Å². The van der Waals surface area contributed by atoms with E-state index >= 15 is 0 Å². The zero-order chi connectivity index (χ0) is 23.5. The lowest BCUT2D eigenvalue weighted by atomic mass is 10.1. The smallest absolute Gasteiger partial charge is 0.326 e. The highest BCUT2D eigenvalue weighted by atomic mass is 35.5. The van der Waals surface area contributed by atoms with Crippen molar-refractivity contribution in [1.82, 2.24) is 0 Å². The van der Waals surface area contributed by atoms with Gasteiger partial charge in [-0.25, -0.2) is 8.42 Å². The Hall–Kier alpha value is -3.04. The van der Waals surface area contributed by atoms with Crippen LogP contribution in [0.2, 0.25) is 5.02 Å². The van der Waals surface area contributed by atoms with Gasteiger partial charge in [-0.2, -0.15) is 13.2 Å². The number of hydrogen-bond acceptors (Lipinski definition) is 3. The van der Waals surface area contributed by atoms with E-state index in [1.165, 1.54) is 12.1 Å². The lowest BCUT2D eigenvalue weighted by Gasteiger charge is -2.12. The minimum Gasteiger partial charge on any atom is -0.326 e. The molecule has 3 aromatic rings. The standard InChI is InChI=1S/C22H18ClF3N2O3S/c1-14-5-8-17(23)13-20(14)27-21(29)11-15-6-9-18(10-7-15)28-32(30,31)19-4-2-3-16(12-19)22(24,25)26/h2-10,12-13,28H,11H2,1H3,(H,27,29). The summed E-state index contributed by atoms with van der Waals surface area (Å²) >= 11 is 5.94.